The molecule has 0 atom stereocenters. The van der Waals surface area contributed by atoms with Crippen molar-refractivity contribution in [1.29, 1.82) is 0 Å². The summed E-state index contributed by atoms with van der Waals surface area (Å²) in [6.07, 6.45) is 1.08. The molecule has 0 aliphatic carbocycles. The van der Waals surface area contributed by atoms with Crippen molar-refractivity contribution in [3.05, 3.63) is 29.8 Å². The van der Waals surface area contributed by atoms with Crippen molar-refractivity contribution in [2.24, 2.45) is 11.1 Å². The lowest BCUT2D eigenvalue weighted by Gasteiger charge is -2.18. The van der Waals surface area contributed by atoms with Crippen molar-refractivity contribution >= 4 is 11.6 Å². The predicted octanol–water partition coefficient (Wildman–Crippen LogP) is 2.63. The van der Waals surface area contributed by atoms with E-state index in [4.69, 9.17) is 5.73 Å². The second-order valence-corrected chi connectivity index (χ2v) is 5.18. The van der Waals surface area contributed by atoms with Gasteiger partial charge >= 0.3 is 0 Å². The SMILES string of the molecule is CC(C)(C)CCNc1cccc(C(N)=O)c1. The summed E-state index contributed by atoms with van der Waals surface area (Å²) in [5.41, 5.74) is 7.01. The normalized spacial score (nSPS) is 11.2. The fraction of sp³-hybridized carbons (Fsp3) is 0.462. The van der Waals surface area contributed by atoms with Crippen molar-refractivity contribution < 1.29 is 4.79 Å². The molecule has 1 aromatic rings. The number of rotatable bonds is 4. The van der Waals surface area contributed by atoms with Crippen molar-refractivity contribution in [1.82, 2.24) is 0 Å². The van der Waals surface area contributed by atoms with Crippen molar-refractivity contribution in [2.45, 2.75) is 27.2 Å². The number of anilines is 1. The zero-order valence-electron chi connectivity index (χ0n) is 10.2. The van der Waals surface area contributed by atoms with Crippen LogP contribution in [0.3, 0.4) is 0 Å². The lowest BCUT2D eigenvalue weighted by atomic mass is 9.92. The summed E-state index contributed by atoms with van der Waals surface area (Å²) < 4.78 is 0. The van der Waals surface area contributed by atoms with Crippen molar-refractivity contribution in [2.75, 3.05) is 11.9 Å². The Bertz CT molecular complexity index is 366. The van der Waals surface area contributed by atoms with Gasteiger partial charge in [0, 0.05) is 17.8 Å². The first-order chi connectivity index (χ1) is 7.38. The van der Waals surface area contributed by atoms with Crippen LogP contribution >= 0.6 is 0 Å². The Hall–Kier alpha value is -1.51. The second kappa shape index (κ2) is 5.01. The van der Waals surface area contributed by atoms with E-state index in [1.807, 2.05) is 12.1 Å². The Balaban J connectivity index is 2.55. The Kier molecular flexibility index (Phi) is 3.93. The predicted molar refractivity (Wildman–Crippen MR) is 67.5 cm³/mol. The molecule has 1 amide bonds. The number of nitrogens with two attached hydrogens (primary N) is 1. The van der Waals surface area contributed by atoms with Crippen molar-refractivity contribution in [3.8, 4) is 0 Å². The van der Waals surface area contributed by atoms with Gasteiger partial charge in [0.05, 0.1) is 0 Å². The van der Waals surface area contributed by atoms with Crippen LogP contribution in [0.5, 0.6) is 0 Å². The first-order valence-electron chi connectivity index (χ1n) is 5.52. The van der Waals surface area contributed by atoms with Gasteiger partial charge < -0.3 is 11.1 Å². The average Bonchev–Trinajstić information content (AvgIpc) is 2.16. The molecule has 0 unspecified atom stereocenters. The Labute approximate surface area is 97.0 Å². The fourth-order valence-corrected chi connectivity index (χ4v) is 1.36. The molecule has 0 saturated heterocycles. The zero-order chi connectivity index (χ0) is 12.2. The molecule has 0 radical (unpaired) electrons. The number of hydrogen-bond acceptors (Lipinski definition) is 2. The molecule has 0 saturated carbocycles. The van der Waals surface area contributed by atoms with E-state index in [2.05, 4.69) is 26.1 Å². The highest BCUT2D eigenvalue weighted by Gasteiger charge is 2.09. The third-order valence-electron chi connectivity index (χ3n) is 2.35. The van der Waals surface area contributed by atoms with E-state index >= 15 is 0 Å². The smallest absolute Gasteiger partial charge is 0.248 e. The Morgan fingerprint density at radius 3 is 2.62 bits per heavy atom. The van der Waals surface area contributed by atoms with Crippen LogP contribution in [0.25, 0.3) is 0 Å². The molecular formula is C13H20N2O. The molecule has 1 aromatic carbocycles. The summed E-state index contributed by atoms with van der Waals surface area (Å²) in [4.78, 5) is 11.0. The number of benzene rings is 1. The van der Waals surface area contributed by atoms with Gasteiger partial charge in [0.25, 0.3) is 0 Å². The number of amides is 1. The van der Waals surface area contributed by atoms with Crippen LogP contribution in [0.2, 0.25) is 0 Å². The Morgan fingerprint density at radius 2 is 2.06 bits per heavy atom. The van der Waals surface area contributed by atoms with E-state index < -0.39 is 0 Å². The molecular weight excluding hydrogens is 200 g/mol. The van der Waals surface area contributed by atoms with Crippen LogP contribution in [0.1, 0.15) is 37.6 Å². The molecule has 16 heavy (non-hydrogen) atoms. The number of hydrogen-bond donors (Lipinski definition) is 2. The highest BCUT2D eigenvalue weighted by atomic mass is 16.1. The van der Waals surface area contributed by atoms with Crippen LogP contribution in [0.15, 0.2) is 24.3 Å². The lowest BCUT2D eigenvalue weighted by molar-refractivity contribution is 0.100. The van der Waals surface area contributed by atoms with Gasteiger partial charge in [-0.2, -0.15) is 0 Å². The summed E-state index contributed by atoms with van der Waals surface area (Å²) in [5, 5.41) is 3.29. The van der Waals surface area contributed by atoms with Gasteiger partial charge in [-0.25, -0.2) is 0 Å². The minimum atomic E-state index is -0.389. The van der Waals surface area contributed by atoms with E-state index in [9.17, 15) is 4.79 Å². The van der Waals surface area contributed by atoms with E-state index in [1.165, 1.54) is 0 Å². The topological polar surface area (TPSA) is 55.1 Å². The largest absolute Gasteiger partial charge is 0.385 e. The quantitative estimate of drug-likeness (QED) is 0.819. The maximum atomic E-state index is 11.0. The highest BCUT2D eigenvalue weighted by molar-refractivity contribution is 5.93. The minimum absolute atomic E-state index is 0.314. The lowest BCUT2D eigenvalue weighted by Crippen LogP contribution is -2.14. The molecule has 3 nitrogen and oxygen atoms in total. The standard InChI is InChI=1S/C13H20N2O/c1-13(2,3)7-8-15-11-6-4-5-10(9-11)12(14)16/h4-6,9,15H,7-8H2,1-3H3,(H2,14,16). The van der Waals surface area contributed by atoms with Crippen LogP contribution in [0.4, 0.5) is 5.69 Å². The van der Waals surface area contributed by atoms with E-state index in [0.717, 1.165) is 18.7 Å². The molecule has 1 rings (SSSR count). The summed E-state index contributed by atoms with van der Waals surface area (Å²) in [6, 6.07) is 7.27. The highest BCUT2D eigenvalue weighted by Crippen LogP contribution is 2.18. The molecule has 0 heterocycles. The molecule has 3 N–H and O–H groups in total. The monoisotopic (exact) mass is 220 g/mol. The summed E-state index contributed by atoms with van der Waals surface area (Å²) in [5.74, 6) is -0.389. The fourth-order valence-electron chi connectivity index (χ4n) is 1.36. The number of carbonyl (C=O) groups is 1. The first-order valence-corrected chi connectivity index (χ1v) is 5.52. The van der Waals surface area contributed by atoms with E-state index in [0.29, 0.717) is 11.0 Å². The number of carbonyl (C=O) groups excluding carboxylic acids is 1. The molecule has 0 spiro atoms. The summed E-state index contributed by atoms with van der Waals surface area (Å²) in [7, 11) is 0. The average molecular weight is 220 g/mol. The number of primary amides is 1. The molecule has 0 aliphatic rings. The molecule has 0 aromatic heterocycles. The van der Waals surface area contributed by atoms with E-state index in [1.54, 1.807) is 12.1 Å². The third-order valence-corrected chi connectivity index (χ3v) is 2.35. The van der Waals surface area contributed by atoms with Crippen LogP contribution in [-0.4, -0.2) is 12.5 Å². The molecule has 0 fully saturated rings. The van der Waals surface area contributed by atoms with Crippen LogP contribution in [0, 0.1) is 5.41 Å². The minimum Gasteiger partial charge on any atom is -0.385 e. The first kappa shape index (κ1) is 12.6. The molecule has 0 aliphatic heterocycles. The van der Waals surface area contributed by atoms with Gasteiger partial charge in [0.1, 0.15) is 0 Å². The summed E-state index contributed by atoms with van der Waals surface area (Å²) >= 11 is 0. The van der Waals surface area contributed by atoms with Gasteiger partial charge in [-0.15, -0.1) is 0 Å². The number of nitrogens with one attached hydrogen (secondary N) is 1. The van der Waals surface area contributed by atoms with E-state index in [-0.39, 0.29) is 5.91 Å². The van der Waals surface area contributed by atoms with Gasteiger partial charge in [0.15, 0.2) is 0 Å². The maximum absolute atomic E-state index is 11.0. The van der Waals surface area contributed by atoms with Gasteiger partial charge in [-0.1, -0.05) is 26.8 Å². The van der Waals surface area contributed by atoms with Gasteiger partial charge in [-0.05, 0) is 30.0 Å². The second-order valence-electron chi connectivity index (χ2n) is 5.18. The zero-order valence-corrected chi connectivity index (χ0v) is 10.2. The van der Waals surface area contributed by atoms with Crippen LogP contribution < -0.4 is 11.1 Å². The van der Waals surface area contributed by atoms with Gasteiger partial charge in [0.2, 0.25) is 5.91 Å². The molecule has 0 bridgehead atoms. The third kappa shape index (κ3) is 4.34. The molecule has 88 valence electrons. The maximum Gasteiger partial charge on any atom is 0.248 e. The summed E-state index contributed by atoms with van der Waals surface area (Å²) in [6.45, 7) is 7.50. The van der Waals surface area contributed by atoms with Gasteiger partial charge in [-0.3, -0.25) is 4.79 Å². The molecule has 3 heteroatoms. The Morgan fingerprint density at radius 1 is 1.38 bits per heavy atom. The van der Waals surface area contributed by atoms with Crippen molar-refractivity contribution in [3.63, 3.8) is 0 Å². The van der Waals surface area contributed by atoms with Crippen LogP contribution in [-0.2, 0) is 0 Å².